The third-order valence-corrected chi connectivity index (χ3v) is 3.75. The molecule has 1 saturated carbocycles. The van der Waals surface area contributed by atoms with Gasteiger partial charge in [-0.3, -0.25) is 0 Å². The zero-order chi connectivity index (χ0) is 9.76. The fourth-order valence-electron chi connectivity index (χ4n) is 2.16. The minimum absolute atomic E-state index is 0.116. The second-order valence-corrected chi connectivity index (χ2v) is 5.37. The maximum atomic E-state index is 13.5. The van der Waals surface area contributed by atoms with Gasteiger partial charge in [0.05, 0.1) is 5.69 Å². The van der Waals surface area contributed by atoms with Crippen LogP contribution in [-0.2, 0) is 0 Å². The van der Waals surface area contributed by atoms with Crippen LogP contribution in [0.2, 0.25) is 0 Å². The van der Waals surface area contributed by atoms with E-state index in [-0.39, 0.29) is 5.82 Å². The molecule has 0 bridgehead atoms. The van der Waals surface area contributed by atoms with Gasteiger partial charge in [-0.15, -0.1) is 0 Å². The van der Waals surface area contributed by atoms with Gasteiger partial charge in [0.1, 0.15) is 5.82 Å². The number of benzene rings is 1. The molecule has 2 aliphatic rings. The number of halogens is 2. The van der Waals surface area contributed by atoms with Crippen molar-refractivity contribution >= 4 is 21.6 Å². The second kappa shape index (κ2) is 2.72. The SMILES string of the molecule is Fc1cc(Br)ccc1N1CC2(CC2)C1. The first-order valence-corrected chi connectivity index (χ1v) is 5.68. The van der Waals surface area contributed by atoms with E-state index in [0.29, 0.717) is 5.41 Å². The smallest absolute Gasteiger partial charge is 0.147 e. The van der Waals surface area contributed by atoms with Gasteiger partial charge in [-0.05, 0) is 31.0 Å². The van der Waals surface area contributed by atoms with Crippen molar-refractivity contribution in [3.8, 4) is 0 Å². The van der Waals surface area contributed by atoms with E-state index in [2.05, 4.69) is 20.8 Å². The van der Waals surface area contributed by atoms with Gasteiger partial charge < -0.3 is 4.90 Å². The van der Waals surface area contributed by atoms with Crippen LogP contribution in [0.15, 0.2) is 22.7 Å². The summed E-state index contributed by atoms with van der Waals surface area (Å²) in [5.41, 5.74) is 1.34. The van der Waals surface area contributed by atoms with Crippen LogP contribution in [0.4, 0.5) is 10.1 Å². The summed E-state index contributed by atoms with van der Waals surface area (Å²) in [6.45, 7) is 2.09. The fourth-order valence-corrected chi connectivity index (χ4v) is 2.50. The maximum Gasteiger partial charge on any atom is 0.147 e. The van der Waals surface area contributed by atoms with E-state index in [4.69, 9.17) is 0 Å². The van der Waals surface area contributed by atoms with Crippen molar-refractivity contribution in [2.24, 2.45) is 5.41 Å². The minimum atomic E-state index is -0.116. The van der Waals surface area contributed by atoms with E-state index in [9.17, 15) is 4.39 Å². The van der Waals surface area contributed by atoms with E-state index in [0.717, 1.165) is 23.2 Å². The molecule has 1 heterocycles. The van der Waals surface area contributed by atoms with Crippen LogP contribution in [0.25, 0.3) is 0 Å². The Balaban J connectivity index is 1.83. The first-order chi connectivity index (χ1) is 6.69. The minimum Gasteiger partial charge on any atom is -0.368 e. The highest BCUT2D eigenvalue weighted by Gasteiger charge is 2.52. The lowest BCUT2D eigenvalue weighted by Crippen LogP contribution is -2.48. The lowest BCUT2D eigenvalue weighted by molar-refractivity contribution is 0.382. The number of hydrogen-bond donors (Lipinski definition) is 0. The van der Waals surface area contributed by atoms with Crippen LogP contribution in [0.5, 0.6) is 0 Å². The highest BCUT2D eigenvalue weighted by atomic mass is 79.9. The summed E-state index contributed by atoms with van der Waals surface area (Å²) in [5, 5.41) is 0. The molecule has 74 valence electrons. The molecule has 1 aromatic carbocycles. The molecule has 3 heteroatoms. The predicted molar refractivity (Wildman–Crippen MR) is 58.0 cm³/mol. The molecule has 1 saturated heterocycles. The zero-order valence-corrected chi connectivity index (χ0v) is 9.35. The van der Waals surface area contributed by atoms with Crippen LogP contribution >= 0.6 is 15.9 Å². The van der Waals surface area contributed by atoms with E-state index < -0.39 is 0 Å². The number of nitrogens with zero attached hydrogens (tertiary/aromatic N) is 1. The summed E-state index contributed by atoms with van der Waals surface area (Å²) < 4.78 is 14.3. The average Bonchev–Trinajstić information content (AvgIpc) is 2.81. The van der Waals surface area contributed by atoms with Gasteiger partial charge in [0.2, 0.25) is 0 Å². The van der Waals surface area contributed by atoms with Crippen LogP contribution in [0, 0.1) is 11.2 Å². The molecule has 0 unspecified atom stereocenters. The Morgan fingerprint density at radius 3 is 2.57 bits per heavy atom. The van der Waals surface area contributed by atoms with Gasteiger partial charge in [0, 0.05) is 23.0 Å². The van der Waals surface area contributed by atoms with Gasteiger partial charge in [-0.1, -0.05) is 15.9 Å². The van der Waals surface area contributed by atoms with Gasteiger partial charge in [0.25, 0.3) is 0 Å². The Morgan fingerprint density at radius 1 is 1.29 bits per heavy atom. The molecule has 3 rings (SSSR count). The molecule has 0 amide bonds. The molecule has 2 fully saturated rings. The average molecular weight is 256 g/mol. The van der Waals surface area contributed by atoms with E-state index in [1.54, 1.807) is 0 Å². The van der Waals surface area contributed by atoms with E-state index in [1.165, 1.54) is 18.9 Å². The number of hydrogen-bond acceptors (Lipinski definition) is 1. The summed E-state index contributed by atoms with van der Waals surface area (Å²) >= 11 is 3.26. The predicted octanol–water partition coefficient (Wildman–Crippen LogP) is 3.19. The van der Waals surface area contributed by atoms with Gasteiger partial charge >= 0.3 is 0 Å². The Hall–Kier alpha value is -0.570. The summed E-state index contributed by atoms with van der Waals surface area (Å²) in [7, 11) is 0. The molecular formula is C11H11BrFN. The van der Waals surface area contributed by atoms with E-state index in [1.807, 2.05) is 12.1 Å². The fraction of sp³-hybridized carbons (Fsp3) is 0.455. The highest BCUT2D eigenvalue weighted by Crippen LogP contribution is 2.54. The molecule has 1 aliphatic heterocycles. The first-order valence-electron chi connectivity index (χ1n) is 4.89. The van der Waals surface area contributed by atoms with Crippen molar-refractivity contribution < 1.29 is 4.39 Å². The Labute approximate surface area is 91.0 Å². The molecule has 1 nitrogen and oxygen atoms in total. The van der Waals surface area contributed by atoms with Crippen molar-refractivity contribution in [3.63, 3.8) is 0 Å². The molecule has 14 heavy (non-hydrogen) atoms. The number of anilines is 1. The summed E-state index contributed by atoms with van der Waals surface area (Å²) in [4.78, 5) is 2.13. The third-order valence-electron chi connectivity index (χ3n) is 3.26. The van der Waals surface area contributed by atoms with Gasteiger partial charge in [0.15, 0.2) is 0 Å². The molecule has 0 atom stereocenters. The molecule has 0 N–H and O–H groups in total. The Kier molecular flexibility index (Phi) is 1.69. The van der Waals surface area contributed by atoms with Crippen molar-refractivity contribution in [2.75, 3.05) is 18.0 Å². The standard InChI is InChI=1S/C11H11BrFN/c12-8-1-2-10(9(13)5-8)14-6-11(7-14)3-4-11/h1-2,5H,3-4,6-7H2. The normalized spacial score (nSPS) is 22.3. The van der Waals surface area contributed by atoms with E-state index >= 15 is 0 Å². The molecule has 1 spiro atoms. The highest BCUT2D eigenvalue weighted by molar-refractivity contribution is 9.10. The summed E-state index contributed by atoms with van der Waals surface area (Å²) in [6.07, 6.45) is 2.67. The van der Waals surface area contributed by atoms with Crippen molar-refractivity contribution in [1.82, 2.24) is 0 Å². The van der Waals surface area contributed by atoms with Crippen molar-refractivity contribution in [1.29, 1.82) is 0 Å². The largest absolute Gasteiger partial charge is 0.368 e. The molecular weight excluding hydrogens is 245 g/mol. The lowest BCUT2D eigenvalue weighted by atomic mass is 9.96. The van der Waals surface area contributed by atoms with Gasteiger partial charge in [-0.2, -0.15) is 0 Å². The van der Waals surface area contributed by atoms with Crippen LogP contribution < -0.4 is 4.90 Å². The van der Waals surface area contributed by atoms with Crippen LogP contribution in [-0.4, -0.2) is 13.1 Å². The van der Waals surface area contributed by atoms with Crippen molar-refractivity contribution in [3.05, 3.63) is 28.5 Å². The summed E-state index contributed by atoms with van der Waals surface area (Å²) in [5.74, 6) is -0.116. The molecule has 1 aliphatic carbocycles. The Bertz CT molecular complexity index is 379. The first kappa shape index (κ1) is 8.72. The third kappa shape index (κ3) is 1.26. The van der Waals surface area contributed by atoms with Crippen LogP contribution in [0.1, 0.15) is 12.8 Å². The monoisotopic (exact) mass is 255 g/mol. The molecule has 1 aromatic rings. The molecule has 0 aromatic heterocycles. The molecule has 0 radical (unpaired) electrons. The van der Waals surface area contributed by atoms with Gasteiger partial charge in [-0.25, -0.2) is 4.39 Å². The second-order valence-electron chi connectivity index (χ2n) is 4.45. The van der Waals surface area contributed by atoms with Crippen LogP contribution in [0.3, 0.4) is 0 Å². The quantitative estimate of drug-likeness (QED) is 0.745. The maximum absolute atomic E-state index is 13.5. The zero-order valence-electron chi connectivity index (χ0n) is 7.76. The topological polar surface area (TPSA) is 3.24 Å². The summed E-state index contributed by atoms with van der Waals surface area (Å²) in [6, 6.07) is 5.29. The Morgan fingerprint density at radius 2 is 2.00 bits per heavy atom. The van der Waals surface area contributed by atoms with Crippen molar-refractivity contribution in [2.45, 2.75) is 12.8 Å². The lowest BCUT2D eigenvalue weighted by Gasteiger charge is -2.42. The number of rotatable bonds is 1.